The molecule has 1 atom stereocenters. The molecule has 0 fully saturated rings. The highest BCUT2D eigenvalue weighted by atomic mass is 35.5. The highest BCUT2D eigenvalue weighted by Gasteiger charge is 2.43. The van der Waals surface area contributed by atoms with Gasteiger partial charge in [-0.05, 0) is 36.2 Å². The standard InChI is InChI=1S/C21H19ClN4O2S/c1-12(2)18-20(28)25-19-15-8-3-4-9-16(15)24-21(26(18)19)29-11-17(27)23-14-7-5-6-13(22)10-14/h3-10,12,18H,11H2,1-2H3,(H,23,27). The van der Waals surface area contributed by atoms with Crippen molar-refractivity contribution in [1.29, 1.82) is 0 Å². The molecule has 2 heterocycles. The lowest BCUT2D eigenvalue weighted by molar-refractivity contribution is -0.120. The third-order valence-corrected chi connectivity index (χ3v) is 5.80. The van der Waals surface area contributed by atoms with E-state index in [0.29, 0.717) is 21.7 Å². The predicted octanol–water partition coefficient (Wildman–Crippen LogP) is 4.33. The number of thioether (sulfide) groups is 1. The van der Waals surface area contributed by atoms with Crippen LogP contribution in [0.25, 0.3) is 0 Å². The molecule has 2 amide bonds. The van der Waals surface area contributed by atoms with Gasteiger partial charge in [0.05, 0.1) is 11.4 Å². The molecule has 0 aromatic heterocycles. The van der Waals surface area contributed by atoms with Crippen LogP contribution in [0.5, 0.6) is 0 Å². The highest BCUT2D eigenvalue weighted by Crippen LogP contribution is 2.35. The van der Waals surface area contributed by atoms with Crippen molar-refractivity contribution in [3.63, 3.8) is 0 Å². The number of nitrogens with zero attached hydrogens (tertiary/aromatic N) is 3. The Labute approximate surface area is 178 Å². The molecule has 4 rings (SSSR count). The molecule has 0 saturated carbocycles. The van der Waals surface area contributed by atoms with Crippen molar-refractivity contribution >= 4 is 57.6 Å². The van der Waals surface area contributed by atoms with E-state index in [1.165, 1.54) is 11.8 Å². The summed E-state index contributed by atoms with van der Waals surface area (Å²) in [6.45, 7) is 3.96. The fourth-order valence-electron chi connectivity index (χ4n) is 3.36. The van der Waals surface area contributed by atoms with Crippen molar-refractivity contribution in [2.45, 2.75) is 19.9 Å². The van der Waals surface area contributed by atoms with Crippen molar-refractivity contribution in [3.8, 4) is 0 Å². The van der Waals surface area contributed by atoms with Gasteiger partial charge in [-0.15, -0.1) is 0 Å². The van der Waals surface area contributed by atoms with Crippen LogP contribution in [0.1, 0.15) is 19.4 Å². The van der Waals surface area contributed by atoms with Crippen LogP contribution in [0.2, 0.25) is 5.02 Å². The van der Waals surface area contributed by atoms with Gasteiger partial charge in [0.2, 0.25) is 5.91 Å². The maximum atomic E-state index is 12.6. The fraction of sp³-hybridized carbons (Fsp3) is 0.238. The van der Waals surface area contributed by atoms with E-state index in [1.807, 2.05) is 43.0 Å². The van der Waals surface area contributed by atoms with E-state index in [-0.39, 0.29) is 23.5 Å². The zero-order valence-electron chi connectivity index (χ0n) is 15.9. The minimum absolute atomic E-state index is 0.0556. The van der Waals surface area contributed by atoms with Crippen LogP contribution >= 0.6 is 23.4 Å². The van der Waals surface area contributed by atoms with Crippen LogP contribution in [0.15, 0.2) is 58.5 Å². The van der Waals surface area contributed by atoms with Gasteiger partial charge in [0.25, 0.3) is 5.91 Å². The van der Waals surface area contributed by atoms with Gasteiger partial charge >= 0.3 is 0 Å². The van der Waals surface area contributed by atoms with Gasteiger partial charge in [-0.1, -0.05) is 55.4 Å². The molecule has 0 bridgehead atoms. The molecule has 0 saturated heterocycles. The second kappa shape index (κ2) is 8.00. The molecule has 6 nitrogen and oxygen atoms in total. The lowest BCUT2D eigenvalue weighted by Gasteiger charge is -2.32. The minimum atomic E-state index is -0.416. The Morgan fingerprint density at radius 3 is 2.76 bits per heavy atom. The van der Waals surface area contributed by atoms with E-state index < -0.39 is 6.04 Å². The second-order valence-corrected chi connectivity index (χ2v) is 8.47. The average Bonchev–Trinajstić information content (AvgIpc) is 3.03. The molecule has 2 aliphatic heterocycles. The van der Waals surface area contributed by atoms with Gasteiger partial charge < -0.3 is 5.32 Å². The van der Waals surface area contributed by atoms with Crippen LogP contribution in [0.3, 0.4) is 0 Å². The average molecular weight is 427 g/mol. The third-order valence-electron chi connectivity index (χ3n) is 4.61. The summed E-state index contributed by atoms with van der Waals surface area (Å²) in [4.78, 5) is 35.9. The zero-order chi connectivity index (χ0) is 20.5. The zero-order valence-corrected chi connectivity index (χ0v) is 17.5. The summed E-state index contributed by atoms with van der Waals surface area (Å²) >= 11 is 7.26. The number of carbonyl (C=O) groups is 2. The van der Waals surface area contributed by atoms with Crippen LogP contribution in [0, 0.1) is 5.92 Å². The van der Waals surface area contributed by atoms with E-state index >= 15 is 0 Å². The van der Waals surface area contributed by atoms with Gasteiger partial charge in [-0.3, -0.25) is 14.5 Å². The molecule has 2 aromatic carbocycles. The number of hydrogen-bond acceptors (Lipinski definition) is 5. The highest BCUT2D eigenvalue weighted by molar-refractivity contribution is 8.14. The van der Waals surface area contributed by atoms with E-state index in [2.05, 4.69) is 10.3 Å². The first kappa shape index (κ1) is 19.7. The molecule has 29 heavy (non-hydrogen) atoms. The summed E-state index contributed by atoms with van der Waals surface area (Å²) in [5.41, 5.74) is 2.21. The van der Waals surface area contributed by atoms with E-state index in [1.54, 1.807) is 24.3 Å². The molecular weight excluding hydrogens is 408 g/mol. The summed E-state index contributed by atoms with van der Waals surface area (Å²) in [6.07, 6.45) is 0. The quantitative estimate of drug-likeness (QED) is 0.789. The molecule has 0 aliphatic carbocycles. The Bertz CT molecular complexity index is 1050. The van der Waals surface area contributed by atoms with Crippen LogP contribution < -0.4 is 5.32 Å². The normalized spacial score (nSPS) is 17.6. The van der Waals surface area contributed by atoms with Crippen molar-refractivity contribution in [3.05, 3.63) is 59.1 Å². The number of hydrogen-bond donors (Lipinski definition) is 1. The number of fused-ring (bicyclic) bond motifs is 3. The lowest BCUT2D eigenvalue weighted by atomic mass is 10.0. The van der Waals surface area contributed by atoms with Crippen LogP contribution in [-0.4, -0.2) is 39.5 Å². The third kappa shape index (κ3) is 3.93. The minimum Gasteiger partial charge on any atom is -0.325 e. The largest absolute Gasteiger partial charge is 0.325 e. The molecule has 2 aliphatic rings. The number of anilines is 1. The summed E-state index contributed by atoms with van der Waals surface area (Å²) in [7, 11) is 0. The maximum Gasteiger partial charge on any atom is 0.271 e. The first-order chi connectivity index (χ1) is 13.9. The second-order valence-electron chi connectivity index (χ2n) is 7.09. The van der Waals surface area contributed by atoms with Crippen LogP contribution in [0.4, 0.5) is 11.4 Å². The molecule has 148 valence electrons. The SMILES string of the molecule is CC(C)C1C(=O)N=C2c3ccccc3N=C(SCC(=O)Nc3cccc(Cl)c3)N21. The number of aliphatic imine (C=N–C) groups is 2. The van der Waals surface area contributed by atoms with Gasteiger partial charge in [0.1, 0.15) is 11.9 Å². The molecule has 0 spiro atoms. The Balaban J connectivity index is 1.57. The molecule has 2 aromatic rings. The molecular formula is C21H19ClN4O2S. The summed E-state index contributed by atoms with van der Waals surface area (Å²) in [6, 6.07) is 14.2. The number of amides is 2. The number of nitrogens with one attached hydrogen (secondary N) is 1. The Kier molecular flexibility index (Phi) is 5.43. The number of para-hydroxylation sites is 1. The monoisotopic (exact) mass is 426 g/mol. The van der Waals surface area contributed by atoms with Crippen molar-refractivity contribution < 1.29 is 9.59 Å². The number of carbonyl (C=O) groups excluding carboxylic acids is 2. The van der Waals surface area contributed by atoms with E-state index in [9.17, 15) is 9.59 Å². The van der Waals surface area contributed by atoms with Crippen molar-refractivity contribution in [2.75, 3.05) is 11.1 Å². The van der Waals surface area contributed by atoms with E-state index in [4.69, 9.17) is 16.6 Å². The van der Waals surface area contributed by atoms with E-state index in [0.717, 1.165) is 11.3 Å². The number of rotatable bonds is 4. The summed E-state index contributed by atoms with van der Waals surface area (Å²) in [5, 5.41) is 3.99. The van der Waals surface area contributed by atoms with Gasteiger partial charge in [-0.2, -0.15) is 4.99 Å². The summed E-state index contributed by atoms with van der Waals surface area (Å²) < 4.78 is 0. The number of halogens is 1. The smallest absolute Gasteiger partial charge is 0.271 e. The van der Waals surface area contributed by atoms with Gasteiger partial charge in [0.15, 0.2) is 5.17 Å². The first-order valence-corrected chi connectivity index (χ1v) is 10.6. The van der Waals surface area contributed by atoms with Crippen LogP contribution in [-0.2, 0) is 9.59 Å². The summed E-state index contributed by atoms with van der Waals surface area (Å²) in [5.74, 6) is 0.459. The Morgan fingerprint density at radius 1 is 1.21 bits per heavy atom. The molecule has 1 unspecified atom stereocenters. The lowest BCUT2D eigenvalue weighted by Crippen LogP contribution is -2.46. The number of benzene rings is 2. The molecule has 8 heteroatoms. The van der Waals surface area contributed by atoms with Crippen molar-refractivity contribution in [2.24, 2.45) is 15.9 Å². The molecule has 0 radical (unpaired) electrons. The maximum absolute atomic E-state index is 12.6. The molecule has 1 N–H and O–H groups in total. The van der Waals surface area contributed by atoms with Crippen molar-refractivity contribution in [1.82, 2.24) is 4.90 Å². The fourth-order valence-corrected chi connectivity index (χ4v) is 4.39. The Hall–Kier alpha value is -2.64. The predicted molar refractivity (Wildman–Crippen MR) is 118 cm³/mol. The van der Waals surface area contributed by atoms with Gasteiger partial charge in [-0.25, -0.2) is 4.99 Å². The number of amidine groups is 2. The first-order valence-electron chi connectivity index (χ1n) is 9.22. The topological polar surface area (TPSA) is 74.1 Å². The Morgan fingerprint density at radius 2 is 2.00 bits per heavy atom. The van der Waals surface area contributed by atoms with Gasteiger partial charge in [0, 0.05) is 16.3 Å².